The fourth-order valence-corrected chi connectivity index (χ4v) is 1.68. The summed E-state index contributed by atoms with van der Waals surface area (Å²) in [5.41, 5.74) is 8.30. The number of azide groups is 1. The van der Waals surface area contributed by atoms with Crippen molar-refractivity contribution in [2.24, 2.45) is 5.11 Å². The molecule has 0 saturated heterocycles. The average Bonchev–Trinajstić information content (AvgIpc) is 2.43. The number of carbonyl (C=O) groups is 1. The molecule has 0 fully saturated rings. The second kappa shape index (κ2) is 8.48. The van der Waals surface area contributed by atoms with Crippen molar-refractivity contribution in [3.63, 3.8) is 0 Å². The summed E-state index contributed by atoms with van der Waals surface area (Å²) in [5, 5.41) is 5.90. The monoisotopic (exact) mass is 354 g/mol. The summed E-state index contributed by atoms with van der Waals surface area (Å²) >= 11 is 16.5. The number of hydrogen-bond donors (Lipinski definition) is 1. The average molecular weight is 356 g/mol. The molecule has 3 atom stereocenters. The van der Waals surface area contributed by atoms with E-state index in [1.54, 1.807) is 12.2 Å². The van der Waals surface area contributed by atoms with Gasteiger partial charge >= 0.3 is 0 Å². The van der Waals surface area contributed by atoms with Crippen LogP contribution in [0.15, 0.2) is 29.9 Å². The van der Waals surface area contributed by atoms with E-state index in [9.17, 15) is 4.79 Å². The highest BCUT2D eigenvalue weighted by Gasteiger charge is 2.36. The summed E-state index contributed by atoms with van der Waals surface area (Å²) in [6, 6.07) is -0.643. The Morgan fingerprint density at radius 2 is 2.29 bits per heavy atom. The standard InChI is InChI=1S/C11H13Cl3N4O3/c1-2-5-20-9-8(17-10(19)11(12,13)14)4-3-7(21-9)6-16-18-15/h2-4,7-9H,1,5-6H2,(H,17,19)/t7-,8-,9-/m0/s1. The molecule has 0 spiro atoms. The normalized spacial score (nSPS) is 25.0. The Hall–Kier alpha value is -0.950. The highest BCUT2D eigenvalue weighted by Crippen LogP contribution is 2.27. The van der Waals surface area contributed by atoms with Crippen LogP contribution in [0.3, 0.4) is 0 Å². The minimum absolute atomic E-state index is 0.103. The molecule has 0 radical (unpaired) electrons. The molecule has 7 nitrogen and oxygen atoms in total. The minimum Gasteiger partial charge on any atom is -0.346 e. The van der Waals surface area contributed by atoms with Gasteiger partial charge in [0.05, 0.1) is 25.3 Å². The van der Waals surface area contributed by atoms with Gasteiger partial charge in [0, 0.05) is 4.91 Å². The molecule has 0 bridgehead atoms. The number of rotatable bonds is 6. The van der Waals surface area contributed by atoms with E-state index >= 15 is 0 Å². The number of ether oxygens (including phenoxy) is 2. The molecule has 0 aromatic carbocycles. The van der Waals surface area contributed by atoms with Gasteiger partial charge in [0.25, 0.3) is 9.70 Å². The summed E-state index contributed by atoms with van der Waals surface area (Å²) in [6.07, 6.45) is 3.51. The molecule has 1 amide bonds. The Morgan fingerprint density at radius 3 is 2.86 bits per heavy atom. The van der Waals surface area contributed by atoms with Crippen molar-refractivity contribution in [2.45, 2.75) is 22.2 Å². The summed E-state index contributed by atoms with van der Waals surface area (Å²) in [5.74, 6) is -0.800. The number of nitrogens with zero attached hydrogens (tertiary/aromatic N) is 3. The van der Waals surface area contributed by atoms with E-state index in [2.05, 4.69) is 21.9 Å². The summed E-state index contributed by atoms with van der Waals surface area (Å²) in [7, 11) is 0. The zero-order chi connectivity index (χ0) is 15.9. The first kappa shape index (κ1) is 18.1. The van der Waals surface area contributed by atoms with E-state index in [1.165, 1.54) is 6.08 Å². The summed E-state index contributed by atoms with van der Waals surface area (Å²) < 4.78 is 8.86. The van der Waals surface area contributed by atoms with Crippen LogP contribution in [0.2, 0.25) is 0 Å². The van der Waals surface area contributed by atoms with Crippen molar-refractivity contribution in [3.8, 4) is 0 Å². The molecule has 1 aliphatic heterocycles. The molecule has 1 N–H and O–H groups in total. The highest BCUT2D eigenvalue weighted by molar-refractivity contribution is 6.76. The van der Waals surface area contributed by atoms with Crippen LogP contribution in [0.1, 0.15) is 0 Å². The second-order valence-corrected chi connectivity index (χ2v) is 6.24. The van der Waals surface area contributed by atoms with Crippen LogP contribution in [-0.2, 0) is 14.3 Å². The van der Waals surface area contributed by atoms with Crippen LogP contribution >= 0.6 is 34.8 Å². The zero-order valence-electron chi connectivity index (χ0n) is 10.8. The van der Waals surface area contributed by atoms with E-state index in [1.807, 2.05) is 0 Å². The van der Waals surface area contributed by atoms with Gasteiger partial charge < -0.3 is 14.8 Å². The zero-order valence-corrected chi connectivity index (χ0v) is 13.1. The topological polar surface area (TPSA) is 96.3 Å². The number of hydrogen-bond acceptors (Lipinski definition) is 4. The van der Waals surface area contributed by atoms with Crippen LogP contribution in [0.5, 0.6) is 0 Å². The Bertz CT molecular complexity index is 460. The lowest BCUT2D eigenvalue weighted by molar-refractivity contribution is -0.169. The molecule has 0 aliphatic carbocycles. The molecule has 0 aromatic rings. The van der Waals surface area contributed by atoms with Crippen LogP contribution in [0, 0.1) is 0 Å². The van der Waals surface area contributed by atoms with Crippen molar-refractivity contribution in [2.75, 3.05) is 13.2 Å². The third kappa shape index (κ3) is 6.13. The smallest absolute Gasteiger partial charge is 0.272 e. The third-order valence-electron chi connectivity index (χ3n) is 2.39. The van der Waals surface area contributed by atoms with Crippen LogP contribution in [-0.4, -0.2) is 41.3 Å². The molecule has 21 heavy (non-hydrogen) atoms. The molecule has 0 saturated carbocycles. The summed E-state index contributed by atoms with van der Waals surface area (Å²) in [4.78, 5) is 14.3. The van der Waals surface area contributed by atoms with Gasteiger partial charge in [0.2, 0.25) is 0 Å². The van der Waals surface area contributed by atoms with Gasteiger partial charge in [-0.25, -0.2) is 0 Å². The molecular weight excluding hydrogens is 343 g/mol. The molecule has 1 aliphatic rings. The Balaban J connectivity index is 2.76. The predicted molar refractivity (Wildman–Crippen MR) is 80.2 cm³/mol. The first-order chi connectivity index (χ1) is 9.88. The van der Waals surface area contributed by atoms with Crippen molar-refractivity contribution in [3.05, 3.63) is 35.2 Å². The van der Waals surface area contributed by atoms with Gasteiger partial charge in [-0.05, 0) is 5.53 Å². The number of nitrogens with one attached hydrogen (secondary N) is 1. The number of carbonyl (C=O) groups excluding carboxylic acids is 1. The number of halogens is 3. The van der Waals surface area contributed by atoms with Gasteiger partial charge in [-0.2, -0.15) is 0 Å². The molecule has 1 heterocycles. The van der Waals surface area contributed by atoms with E-state index in [0.29, 0.717) is 0 Å². The van der Waals surface area contributed by atoms with Crippen LogP contribution in [0.4, 0.5) is 0 Å². The first-order valence-electron chi connectivity index (χ1n) is 5.83. The summed E-state index contributed by atoms with van der Waals surface area (Å²) in [6.45, 7) is 3.83. The predicted octanol–water partition coefficient (Wildman–Crippen LogP) is 2.64. The van der Waals surface area contributed by atoms with Gasteiger partial charge in [0.1, 0.15) is 0 Å². The highest BCUT2D eigenvalue weighted by atomic mass is 35.6. The molecule has 116 valence electrons. The largest absolute Gasteiger partial charge is 0.346 e. The molecule has 10 heteroatoms. The molecule has 0 unspecified atom stereocenters. The second-order valence-electron chi connectivity index (χ2n) is 3.96. The Kier molecular flexibility index (Phi) is 7.31. The SMILES string of the molecule is C=CCO[C@H]1O[C@H](CN=[N+]=[N-])C=C[C@@H]1NC(=O)C(Cl)(Cl)Cl. The minimum atomic E-state index is -2.08. The maximum absolute atomic E-state index is 11.7. The van der Waals surface area contributed by atoms with Gasteiger partial charge in [0.15, 0.2) is 6.29 Å². The number of amides is 1. The van der Waals surface area contributed by atoms with E-state index in [0.717, 1.165) is 0 Å². The lowest BCUT2D eigenvalue weighted by Crippen LogP contribution is -2.51. The van der Waals surface area contributed by atoms with Gasteiger partial charge in [-0.15, -0.1) is 6.58 Å². The Labute approximate surface area is 136 Å². The molecule has 0 aromatic heterocycles. The van der Waals surface area contributed by atoms with Gasteiger partial charge in [-0.3, -0.25) is 4.79 Å². The molecule has 1 rings (SSSR count). The van der Waals surface area contributed by atoms with Crippen LogP contribution in [0.25, 0.3) is 10.4 Å². The van der Waals surface area contributed by atoms with E-state index < -0.39 is 28.1 Å². The maximum atomic E-state index is 11.7. The lowest BCUT2D eigenvalue weighted by Gasteiger charge is -2.32. The number of alkyl halides is 3. The van der Waals surface area contributed by atoms with E-state index in [4.69, 9.17) is 49.8 Å². The molecular formula is C11H13Cl3N4O3. The van der Waals surface area contributed by atoms with E-state index in [-0.39, 0.29) is 13.2 Å². The van der Waals surface area contributed by atoms with Gasteiger partial charge in [-0.1, -0.05) is 58.1 Å². The fraction of sp³-hybridized carbons (Fsp3) is 0.545. The lowest BCUT2D eigenvalue weighted by atomic mass is 10.1. The fourth-order valence-electron chi connectivity index (χ4n) is 1.51. The van der Waals surface area contributed by atoms with Crippen molar-refractivity contribution in [1.29, 1.82) is 0 Å². The Morgan fingerprint density at radius 1 is 1.57 bits per heavy atom. The maximum Gasteiger partial charge on any atom is 0.272 e. The quantitative estimate of drug-likeness (QED) is 0.261. The first-order valence-corrected chi connectivity index (χ1v) is 6.96. The van der Waals surface area contributed by atoms with Crippen molar-refractivity contribution in [1.82, 2.24) is 5.32 Å². The van der Waals surface area contributed by atoms with Crippen molar-refractivity contribution >= 4 is 40.7 Å². The third-order valence-corrected chi connectivity index (χ3v) is 2.91. The van der Waals surface area contributed by atoms with Crippen LogP contribution < -0.4 is 5.32 Å². The van der Waals surface area contributed by atoms with Crippen molar-refractivity contribution < 1.29 is 14.3 Å².